The maximum Gasteiger partial charge on any atom is 0.588 e. The monoisotopic (exact) mass is 1980 g/mol. The van der Waals surface area contributed by atoms with Crippen LogP contribution in [0.5, 0.6) is 11.5 Å². The van der Waals surface area contributed by atoms with Gasteiger partial charge >= 0.3 is 38.0 Å². The maximum absolute atomic E-state index is 16.1. The number of para-hydroxylation sites is 2. The van der Waals surface area contributed by atoms with Crippen LogP contribution in [-0.4, -0.2) is 166 Å². The summed E-state index contributed by atoms with van der Waals surface area (Å²) in [6.45, 7) is 8.94. The van der Waals surface area contributed by atoms with Gasteiger partial charge in [0.1, 0.15) is 73.9 Å². The highest BCUT2D eigenvalue weighted by Gasteiger charge is 2.56. The zero-order chi connectivity index (χ0) is 95.0. The highest BCUT2D eigenvalue weighted by Crippen LogP contribution is 2.53. The van der Waals surface area contributed by atoms with Crippen molar-refractivity contribution in [2.75, 3.05) is 33.0 Å². The molecule has 2 amide bonds. The van der Waals surface area contributed by atoms with Gasteiger partial charge in [0.2, 0.25) is 13.5 Å². The number of hydrogen-bond donors (Lipinski definition) is 4. The quantitative estimate of drug-likeness (QED) is 0.0102. The van der Waals surface area contributed by atoms with Gasteiger partial charge in [-0.05, 0) is 61.9 Å². The molecule has 0 unspecified atom stereocenters. The lowest BCUT2D eigenvalue weighted by atomic mass is 9.95. The molecule has 0 bridgehead atoms. The number of hydrogen-bond acceptors (Lipinski definition) is 23. The van der Waals surface area contributed by atoms with Crippen molar-refractivity contribution in [2.24, 2.45) is 0 Å². The van der Waals surface area contributed by atoms with Crippen molar-refractivity contribution in [3.63, 3.8) is 0 Å². The summed E-state index contributed by atoms with van der Waals surface area (Å²) in [6.07, 6.45) is 23.1. The van der Waals surface area contributed by atoms with Gasteiger partial charge < -0.3 is 82.0 Å². The van der Waals surface area contributed by atoms with Crippen molar-refractivity contribution in [3.05, 3.63) is 109 Å². The number of carbonyl (C=O) groups is 6. The number of amides is 2. The topological polar surface area (TPSA) is 313 Å². The van der Waals surface area contributed by atoms with E-state index >= 15 is 14.2 Å². The van der Waals surface area contributed by atoms with Crippen LogP contribution in [0.2, 0.25) is 0 Å². The van der Waals surface area contributed by atoms with E-state index in [0.717, 1.165) is 160 Å². The first-order chi connectivity index (χ1) is 63.2. The van der Waals surface area contributed by atoms with Crippen LogP contribution in [0.4, 0.5) is 9.59 Å². The Kier molecular flexibility index (Phi) is 62.9. The van der Waals surface area contributed by atoms with Gasteiger partial charge in [-0.2, -0.15) is 0 Å². The molecule has 0 aliphatic carbocycles. The summed E-state index contributed by atoms with van der Waals surface area (Å²) < 4.78 is 99.2. The van der Waals surface area contributed by atoms with E-state index in [1.165, 1.54) is 120 Å². The summed E-state index contributed by atoms with van der Waals surface area (Å²) in [4.78, 5) is 87.7. The van der Waals surface area contributed by atoms with Gasteiger partial charge in [0, 0.05) is 6.42 Å². The zero-order valence-electron chi connectivity index (χ0n) is 78.3. The summed E-state index contributed by atoms with van der Waals surface area (Å²) in [7, 11) is -5.29. The first-order valence-electron chi connectivity index (χ1n) is 48.9. The van der Waals surface area contributed by atoms with Crippen LogP contribution in [0.25, 0.3) is 0 Å². The molecule has 2 aliphatic rings. The van der Waals surface area contributed by atoms with Crippen LogP contribution in [-0.2, 0) is 87.0 Å². The van der Waals surface area contributed by atoms with E-state index < -0.39 is 164 Å². The van der Waals surface area contributed by atoms with Crippen LogP contribution in [0, 0.1) is 0 Å². The molecule has 131 heavy (non-hydrogen) atoms. The molecule has 2 heterocycles. The third-order valence-corrected chi connectivity index (χ3v) is 25.0. The molecule has 0 spiro atoms. The molecule has 3 aromatic carbocycles. The van der Waals surface area contributed by atoms with E-state index in [0.29, 0.717) is 32.1 Å². The average Bonchev–Trinajstić information content (AvgIpc) is 0.767. The first-order valence-corrected chi connectivity index (χ1v) is 52.7. The first kappa shape index (κ1) is 117. The van der Waals surface area contributed by atoms with E-state index in [4.69, 9.17) is 135 Å². The molecule has 2 aliphatic heterocycles. The van der Waals surface area contributed by atoms with Crippen LogP contribution >= 0.6 is 77.4 Å². The predicted octanol–water partition coefficient (Wildman–Crippen LogP) is 25.6. The van der Waals surface area contributed by atoms with E-state index in [1.807, 2.05) is 30.3 Å². The Morgan fingerprint density at radius 1 is 0.458 bits per heavy atom. The van der Waals surface area contributed by atoms with Crippen LogP contribution in [0.3, 0.4) is 0 Å². The fourth-order valence-electron chi connectivity index (χ4n) is 15.9. The van der Waals surface area contributed by atoms with Crippen LogP contribution in [0.15, 0.2) is 104 Å². The highest BCUT2D eigenvalue weighted by atomic mass is 35.6. The van der Waals surface area contributed by atoms with Crippen molar-refractivity contribution in [2.45, 2.75) is 430 Å². The van der Waals surface area contributed by atoms with E-state index in [2.05, 4.69) is 44.9 Å². The number of nitrogens with one attached hydrogen (secondary N) is 2. The number of phosphoric acid groups is 1. The fraction of sp³-hybridized carbons (Fsp3) is 0.737. The molecule has 4 N–H and O–H groups in total. The van der Waals surface area contributed by atoms with E-state index in [9.17, 15) is 29.4 Å². The van der Waals surface area contributed by atoms with Crippen molar-refractivity contribution < 1.29 is 109 Å². The summed E-state index contributed by atoms with van der Waals surface area (Å²) in [5, 5.41) is 30.0. The van der Waals surface area contributed by atoms with Gasteiger partial charge in [0.25, 0.3) is 0 Å². The molecule has 0 saturated carbocycles. The number of rotatable bonds is 75. The maximum atomic E-state index is 16.1. The molecule has 5 rings (SSSR count). The molecule has 32 heteroatoms. The smallest absolute Gasteiger partial charge is 0.462 e. The Hall–Kier alpha value is -4.93. The van der Waals surface area contributed by atoms with Gasteiger partial charge in [-0.25, -0.2) is 14.2 Å². The molecule has 0 radical (unpaired) electrons. The second kappa shape index (κ2) is 70.7. The SMILES string of the molecule is C=CCO[C@H]1O[C@H](CO[C@@H]2O[C@H](COC(=O)OCC(Cl)(Cl)Cl)[C@@H](OP(=O)(Oc3ccccc3)Oc3ccccc3)[C@H](OC(=O)C[C@@H](CCCCCCCCCCCCCC)OC(=O)CCCCCCCCCCCCC)[C@H]2NC(=O)OCC(Cl)(Cl)Cl)[C@@H](O)[C@H](OC(=O)C[C@@H](CCCCCCCCCCC)OCc2ccccc2)[C@H]1NC(=O)C[C@H](O)CCCCCCCCCCC. The second-order valence-corrected chi connectivity index (χ2v) is 41.2. The van der Waals surface area contributed by atoms with Gasteiger partial charge in [-0.1, -0.05) is 421 Å². The molecule has 0 aromatic heterocycles. The standard InChI is InChI=1S/C99H155Cl6N2O23P/c1-6-11-15-19-23-27-29-31-34-38-42-51-65-81(123-85(110)66-56-43-39-35-30-28-24-20-16-12-7-2)70-87(112)127-93-89(107-96(114)121-74-98(100,101)102)95(125-83(73-120-97(115)122-75-99(103,104)105)91(93)130-131(116,128-78-60-52-45-53-61-78)129-79-62-54-46-55-63-79)119-72-82-90(113)92(88(94(124-82)117-67-10-5)106-84(109)68-77(108)59-49-40-36-32-25-21-17-13-8-3)126-86(111)69-80(118-71-76-57-47-44-48-58-76)64-50-41-37-33-26-22-18-14-9-4/h10,44-48,52-55,57-58,60-63,77,80-83,88-95,108,113H,5-9,11-43,49-51,56,59,64-75H2,1-4H3,(H,106,109)(H,107,114)/t77-,80-,81-,82-,83-,88-,89-,90-,91-,92-,93-,94+,95-/m1/s1. The van der Waals surface area contributed by atoms with E-state index in [1.54, 1.807) is 36.4 Å². The number of phosphoric ester groups is 1. The second-order valence-electron chi connectivity index (χ2n) is 34.7. The van der Waals surface area contributed by atoms with E-state index in [-0.39, 0.29) is 50.4 Å². The van der Waals surface area contributed by atoms with Crippen molar-refractivity contribution in [1.82, 2.24) is 10.6 Å². The Balaban J connectivity index is 1.65. The number of ether oxygens (including phenoxy) is 11. The van der Waals surface area contributed by atoms with Crippen LogP contribution in [0.1, 0.15) is 341 Å². The lowest BCUT2D eigenvalue weighted by Crippen LogP contribution is -2.68. The molecule has 746 valence electrons. The molecule has 13 atom stereocenters. The summed E-state index contributed by atoms with van der Waals surface area (Å²) in [5.74, 6) is -3.30. The molecule has 25 nitrogen and oxygen atoms in total. The minimum Gasteiger partial charge on any atom is -0.462 e. The minimum absolute atomic E-state index is 0.0643. The summed E-state index contributed by atoms with van der Waals surface area (Å²) in [5.41, 5.74) is 0.862. The number of aliphatic hydroxyl groups excluding tert-OH is 2. The molecular formula is C99H155Cl6N2O23P. The Morgan fingerprint density at radius 2 is 0.863 bits per heavy atom. The molecule has 2 saturated heterocycles. The number of esters is 3. The number of alkyl carbamates (subject to hydrolysis) is 1. The lowest BCUT2D eigenvalue weighted by Gasteiger charge is -2.47. The fourth-order valence-corrected chi connectivity index (χ4v) is 17.6. The minimum atomic E-state index is -5.29. The molecular weight excluding hydrogens is 1830 g/mol. The number of carbonyl (C=O) groups excluding carboxylic acids is 6. The lowest BCUT2D eigenvalue weighted by molar-refractivity contribution is -0.303. The molecule has 3 aromatic rings. The summed E-state index contributed by atoms with van der Waals surface area (Å²) in [6, 6.07) is 21.4. The van der Waals surface area contributed by atoms with Gasteiger partial charge in [0.15, 0.2) is 24.8 Å². The van der Waals surface area contributed by atoms with Gasteiger partial charge in [0.05, 0.1) is 51.3 Å². The average molecular weight is 1990 g/mol. The van der Waals surface area contributed by atoms with Gasteiger partial charge in [-0.15, -0.1) is 6.58 Å². The number of halogens is 6. The number of alkyl halides is 6. The third kappa shape index (κ3) is 54.7. The Bertz CT molecular complexity index is 3500. The van der Waals surface area contributed by atoms with Crippen molar-refractivity contribution in [3.8, 4) is 11.5 Å². The van der Waals surface area contributed by atoms with Crippen molar-refractivity contribution in [1.29, 1.82) is 0 Å². The highest BCUT2D eigenvalue weighted by molar-refractivity contribution is 7.49. The Morgan fingerprint density at radius 3 is 1.34 bits per heavy atom. The normalized spacial score (nSPS) is 19.5. The van der Waals surface area contributed by atoms with Crippen LogP contribution < -0.4 is 19.7 Å². The molecule has 2 fully saturated rings. The van der Waals surface area contributed by atoms with Crippen molar-refractivity contribution >= 4 is 113 Å². The zero-order valence-corrected chi connectivity index (χ0v) is 83.7. The predicted molar refractivity (Wildman–Crippen MR) is 515 cm³/mol. The van der Waals surface area contributed by atoms with Gasteiger partial charge in [-0.3, -0.25) is 23.7 Å². The summed E-state index contributed by atoms with van der Waals surface area (Å²) >= 11 is 36.8. The number of unbranched alkanes of at least 4 members (excludes halogenated alkanes) is 37. The third-order valence-electron chi connectivity index (χ3n) is 23.0. The number of aliphatic hydroxyl groups is 2. The number of benzene rings is 3. The Labute approximate surface area is 811 Å². The largest absolute Gasteiger partial charge is 0.588 e.